The highest BCUT2D eigenvalue weighted by atomic mass is 28.4. The van der Waals surface area contributed by atoms with Crippen LogP contribution in [0.25, 0.3) is 0 Å². The second-order valence-electron chi connectivity index (χ2n) is 15.4. The molecule has 224 valence electrons. The summed E-state index contributed by atoms with van der Waals surface area (Å²) in [5.41, 5.74) is 2.97. The van der Waals surface area contributed by atoms with Crippen LogP contribution < -0.4 is 0 Å². The summed E-state index contributed by atoms with van der Waals surface area (Å²) in [4.78, 5) is 17.2. The van der Waals surface area contributed by atoms with E-state index in [0.717, 1.165) is 12.0 Å². The topological polar surface area (TPSA) is 38.8 Å². The van der Waals surface area contributed by atoms with E-state index in [1.807, 2.05) is 12.1 Å². The van der Waals surface area contributed by atoms with Crippen LogP contribution in [0, 0.1) is 5.41 Å². The number of rotatable bonds is 9. The molecule has 4 nitrogen and oxygen atoms in total. The summed E-state index contributed by atoms with van der Waals surface area (Å²) in [6.07, 6.45) is 3.68. The number of nitrogens with zero attached hydrogens (tertiary/aromatic N) is 1. The predicted octanol–water partition coefficient (Wildman–Crippen LogP) is 8.71. The van der Waals surface area contributed by atoms with E-state index in [4.69, 9.17) is 8.85 Å². The molecule has 1 saturated heterocycles. The normalized spacial score (nSPS) is 25.5. The molecular weight excluding hydrogens is 539 g/mol. The zero-order valence-corrected chi connectivity index (χ0v) is 29.2. The molecule has 2 aromatic rings. The Kier molecular flexibility index (Phi) is 8.76. The number of benzene rings is 2. The Morgan fingerprint density at radius 2 is 1.46 bits per heavy atom. The lowest BCUT2D eigenvalue weighted by Gasteiger charge is -2.42. The molecule has 6 heteroatoms. The van der Waals surface area contributed by atoms with Gasteiger partial charge in [0.05, 0.1) is 23.7 Å². The zero-order valence-electron chi connectivity index (χ0n) is 27.2. The largest absolute Gasteiger partial charge is 0.411 e. The Morgan fingerprint density at radius 3 is 2.05 bits per heavy atom. The molecule has 1 heterocycles. The van der Waals surface area contributed by atoms with E-state index in [1.54, 1.807) is 0 Å². The highest BCUT2D eigenvalue weighted by Crippen LogP contribution is 2.51. The molecule has 4 rings (SSSR count). The van der Waals surface area contributed by atoms with Crippen LogP contribution in [0.2, 0.25) is 36.3 Å². The summed E-state index contributed by atoms with van der Waals surface area (Å²) in [6, 6.07) is 18.9. The van der Waals surface area contributed by atoms with Crippen molar-refractivity contribution in [2.45, 2.75) is 115 Å². The van der Waals surface area contributed by atoms with Gasteiger partial charge in [0.25, 0.3) is 0 Å². The molecule has 2 aromatic carbocycles. The lowest BCUT2D eigenvalue weighted by Crippen LogP contribution is -2.50. The molecule has 2 aliphatic rings. The van der Waals surface area contributed by atoms with Crippen molar-refractivity contribution < 1.29 is 13.6 Å². The Hall–Kier alpha value is -2.00. The fourth-order valence-corrected chi connectivity index (χ4v) is 8.74. The lowest BCUT2D eigenvalue weighted by molar-refractivity contribution is -0.141. The maximum atomic E-state index is 15.0. The molecule has 4 atom stereocenters. The summed E-state index contributed by atoms with van der Waals surface area (Å²) in [7, 11) is -4.29. The predicted molar refractivity (Wildman–Crippen MR) is 176 cm³/mol. The number of fused-ring (bicyclic) bond motifs is 1. The van der Waals surface area contributed by atoms with Crippen LogP contribution in [0.1, 0.15) is 70.7 Å². The molecule has 1 aliphatic carbocycles. The molecule has 41 heavy (non-hydrogen) atoms. The minimum atomic E-state index is -2.19. The van der Waals surface area contributed by atoms with Crippen molar-refractivity contribution in [2.24, 2.45) is 5.41 Å². The van der Waals surface area contributed by atoms with Gasteiger partial charge < -0.3 is 13.8 Å². The SMILES string of the molecule is C=CC[C@]1(Cc2ccccc2)C(=O)N([C@H]2c3ccccc3C[C@H]2O[Si](C)(C)C(C)(C)C)C[C@@H]1O[Si](C)(C)C(C)(C)C. The smallest absolute Gasteiger partial charge is 0.232 e. The zero-order chi connectivity index (χ0) is 30.4. The van der Waals surface area contributed by atoms with Crippen LogP contribution in [0.15, 0.2) is 67.3 Å². The maximum absolute atomic E-state index is 15.0. The Morgan fingerprint density at radius 1 is 0.902 bits per heavy atom. The van der Waals surface area contributed by atoms with Gasteiger partial charge in [0, 0.05) is 13.0 Å². The van der Waals surface area contributed by atoms with Gasteiger partial charge in [0.2, 0.25) is 5.91 Å². The van der Waals surface area contributed by atoms with E-state index in [2.05, 4.69) is 128 Å². The number of hydrogen-bond donors (Lipinski definition) is 0. The van der Waals surface area contributed by atoms with Crippen LogP contribution in [0.5, 0.6) is 0 Å². The third-order valence-electron chi connectivity index (χ3n) is 10.5. The third-order valence-corrected chi connectivity index (χ3v) is 19.5. The van der Waals surface area contributed by atoms with Gasteiger partial charge >= 0.3 is 0 Å². The molecule has 0 N–H and O–H groups in total. The molecular formula is C35H53NO3Si2. The van der Waals surface area contributed by atoms with Gasteiger partial charge in [-0.25, -0.2) is 0 Å². The average molecular weight is 592 g/mol. The second-order valence-corrected chi connectivity index (χ2v) is 24.9. The monoisotopic (exact) mass is 591 g/mol. The van der Waals surface area contributed by atoms with Crippen LogP contribution in [0.3, 0.4) is 0 Å². The molecule has 1 aliphatic heterocycles. The Labute approximate surface area is 251 Å². The molecule has 0 spiro atoms. The number of amides is 1. The van der Waals surface area contributed by atoms with Crippen LogP contribution in [-0.2, 0) is 26.5 Å². The van der Waals surface area contributed by atoms with Crippen molar-refractivity contribution in [3.8, 4) is 0 Å². The van der Waals surface area contributed by atoms with E-state index in [-0.39, 0.29) is 34.2 Å². The van der Waals surface area contributed by atoms with E-state index >= 15 is 4.79 Å². The highest BCUT2D eigenvalue weighted by Gasteiger charge is 2.59. The van der Waals surface area contributed by atoms with Gasteiger partial charge in [-0.2, -0.15) is 0 Å². The number of likely N-dealkylation sites (tertiary alicyclic amines) is 1. The van der Waals surface area contributed by atoms with Gasteiger partial charge in [-0.1, -0.05) is 102 Å². The first kappa shape index (κ1) is 31.9. The van der Waals surface area contributed by atoms with Crippen LogP contribution >= 0.6 is 0 Å². The molecule has 1 amide bonds. The van der Waals surface area contributed by atoms with Gasteiger partial charge in [-0.15, -0.1) is 6.58 Å². The maximum Gasteiger partial charge on any atom is 0.232 e. The molecule has 1 fully saturated rings. The first-order chi connectivity index (χ1) is 18.9. The van der Waals surface area contributed by atoms with Crippen LogP contribution in [-0.4, -0.2) is 46.2 Å². The highest BCUT2D eigenvalue weighted by molar-refractivity contribution is 6.74. The fraction of sp³-hybridized carbons (Fsp3) is 0.571. The van der Waals surface area contributed by atoms with Gasteiger partial charge in [-0.05, 0) is 65.8 Å². The quantitative estimate of drug-likeness (QED) is 0.216. The number of allylic oxidation sites excluding steroid dienone is 1. The van der Waals surface area contributed by atoms with Crippen molar-refractivity contribution in [1.82, 2.24) is 4.90 Å². The summed E-state index contributed by atoms with van der Waals surface area (Å²) in [5.74, 6) is 0.176. The van der Waals surface area contributed by atoms with E-state index in [0.29, 0.717) is 19.4 Å². The number of carbonyl (C=O) groups is 1. The lowest BCUT2D eigenvalue weighted by atomic mass is 9.75. The van der Waals surface area contributed by atoms with E-state index < -0.39 is 22.0 Å². The molecule has 0 unspecified atom stereocenters. The molecule has 0 saturated carbocycles. The minimum Gasteiger partial charge on any atom is -0.411 e. The number of carbonyl (C=O) groups excluding carboxylic acids is 1. The van der Waals surface area contributed by atoms with E-state index in [9.17, 15) is 0 Å². The second kappa shape index (κ2) is 11.3. The Bertz CT molecular complexity index is 1240. The minimum absolute atomic E-state index is 0.0318. The van der Waals surface area contributed by atoms with E-state index in [1.165, 1.54) is 11.1 Å². The first-order valence-electron chi connectivity index (χ1n) is 15.3. The molecule has 0 bridgehead atoms. The van der Waals surface area contributed by atoms with Crippen molar-refractivity contribution in [1.29, 1.82) is 0 Å². The van der Waals surface area contributed by atoms with Crippen molar-refractivity contribution in [3.63, 3.8) is 0 Å². The summed E-state index contributed by atoms with van der Waals surface area (Å²) in [6.45, 7) is 27.6. The summed E-state index contributed by atoms with van der Waals surface area (Å²) < 4.78 is 14.4. The summed E-state index contributed by atoms with van der Waals surface area (Å²) >= 11 is 0. The first-order valence-corrected chi connectivity index (χ1v) is 21.1. The van der Waals surface area contributed by atoms with Gasteiger partial charge in [-0.3, -0.25) is 4.79 Å². The third kappa shape index (κ3) is 6.08. The van der Waals surface area contributed by atoms with Crippen molar-refractivity contribution in [3.05, 3.63) is 83.9 Å². The standard InChI is InChI=1S/C35H53NO3Si2/c1-12-22-35(24-26-18-14-13-15-19-26)30(39-41(10,11)34(5,6)7)25-36(32(35)37)31-28-21-17-16-20-27(28)23-29(31)38-40(8,9)33(2,3)4/h12-21,29-31H,1,22-25H2,2-11H3/t29-,30+,31+,35-/m1/s1. The Balaban J connectivity index is 1.82. The van der Waals surface area contributed by atoms with Gasteiger partial charge in [0.1, 0.15) is 0 Å². The summed E-state index contributed by atoms with van der Waals surface area (Å²) in [5, 5.41) is 0.110. The average Bonchev–Trinajstić information content (AvgIpc) is 3.33. The van der Waals surface area contributed by atoms with Crippen molar-refractivity contribution in [2.75, 3.05) is 6.54 Å². The fourth-order valence-electron chi connectivity index (χ4n) is 6.05. The van der Waals surface area contributed by atoms with Crippen LogP contribution in [0.4, 0.5) is 0 Å². The molecule has 0 radical (unpaired) electrons. The number of hydrogen-bond acceptors (Lipinski definition) is 3. The van der Waals surface area contributed by atoms with Gasteiger partial charge in [0.15, 0.2) is 16.6 Å². The van der Waals surface area contributed by atoms with Crippen molar-refractivity contribution >= 4 is 22.5 Å². The molecule has 0 aromatic heterocycles.